The molecular formula is C17H25N3O2S. The number of furan rings is 1. The number of anilines is 1. The van der Waals surface area contributed by atoms with Crippen molar-refractivity contribution in [3.63, 3.8) is 0 Å². The molecule has 0 radical (unpaired) electrons. The van der Waals surface area contributed by atoms with E-state index in [4.69, 9.17) is 4.42 Å². The van der Waals surface area contributed by atoms with Crippen LogP contribution in [0.2, 0.25) is 0 Å². The molecular weight excluding hydrogens is 310 g/mol. The first-order valence-corrected chi connectivity index (χ1v) is 9.14. The van der Waals surface area contributed by atoms with Gasteiger partial charge in [-0.15, -0.1) is 11.3 Å². The zero-order valence-corrected chi connectivity index (χ0v) is 14.6. The highest BCUT2D eigenvalue weighted by Gasteiger charge is 2.23. The second-order valence-electron chi connectivity index (χ2n) is 6.37. The number of hydrogen-bond donors (Lipinski definition) is 2. The third-order valence-corrected chi connectivity index (χ3v) is 5.36. The zero-order valence-electron chi connectivity index (χ0n) is 13.7. The molecule has 3 rings (SSSR count). The van der Waals surface area contributed by atoms with Gasteiger partial charge in [-0.3, -0.25) is 0 Å². The van der Waals surface area contributed by atoms with E-state index in [0.717, 1.165) is 36.8 Å². The molecule has 2 unspecified atom stereocenters. The summed E-state index contributed by atoms with van der Waals surface area (Å²) >= 11 is 1.73. The Morgan fingerprint density at radius 2 is 2.26 bits per heavy atom. The van der Waals surface area contributed by atoms with Crippen LogP contribution in [0.25, 0.3) is 0 Å². The molecule has 126 valence electrons. The van der Waals surface area contributed by atoms with Crippen LogP contribution >= 0.6 is 11.3 Å². The van der Waals surface area contributed by atoms with Gasteiger partial charge in [0.15, 0.2) is 5.13 Å². The lowest BCUT2D eigenvalue weighted by molar-refractivity contribution is 0.125. The minimum absolute atomic E-state index is 0.258. The molecule has 0 saturated carbocycles. The Labute approximate surface area is 141 Å². The summed E-state index contributed by atoms with van der Waals surface area (Å²) in [6, 6.07) is 4.40. The number of nitrogens with zero attached hydrogens (tertiary/aromatic N) is 2. The van der Waals surface area contributed by atoms with E-state index in [9.17, 15) is 5.11 Å². The molecule has 0 aliphatic carbocycles. The van der Waals surface area contributed by atoms with E-state index in [1.807, 2.05) is 19.1 Å². The summed E-state index contributed by atoms with van der Waals surface area (Å²) in [5, 5.41) is 17.0. The van der Waals surface area contributed by atoms with Gasteiger partial charge >= 0.3 is 0 Å². The predicted molar refractivity (Wildman–Crippen MR) is 93.0 cm³/mol. The number of nitrogens with one attached hydrogen (secondary N) is 1. The Kier molecular flexibility index (Phi) is 5.35. The van der Waals surface area contributed by atoms with E-state index < -0.39 is 6.10 Å². The number of piperidine rings is 1. The van der Waals surface area contributed by atoms with Crippen LogP contribution in [-0.4, -0.2) is 35.3 Å². The van der Waals surface area contributed by atoms with Gasteiger partial charge in [-0.2, -0.15) is 0 Å². The van der Waals surface area contributed by atoms with Crippen molar-refractivity contribution in [1.29, 1.82) is 0 Å². The lowest BCUT2D eigenvalue weighted by atomic mass is 10.0. The average Bonchev–Trinajstić information content (AvgIpc) is 3.19. The zero-order chi connectivity index (χ0) is 16.2. The van der Waals surface area contributed by atoms with Crippen LogP contribution in [0.15, 0.2) is 28.2 Å². The van der Waals surface area contributed by atoms with E-state index in [-0.39, 0.29) is 6.04 Å². The summed E-state index contributed by atoms with van der Waals surface area (Å²) in [7, 11) is 0. The molecule has 2 aromatic heterocycles. The van der Waals surface area contributed by atoms with E-state index in [2.05, 4.69) is 27.5 Å². The molecule has 0 spiro atoms. The molecule has 0 amide bonds. The molecule has 3 heterocycles. The van der Waals surface area contributed by atoms with Crippen LogP contribution in [0.4, 0.5) is 5.13 Å². The minimum Gasteiger partial charge on any atom is -0.467 e. The third-order valence-electron chi connectivity index (χ3n) is 4.34. The molecule has 1 aliphatic rings. The Bertz CT molecular complexity index is 591. The third kappa shape index (κ3) is 4.34. The molecule has 5 nitrogen and oxygen atoms in total. The molecule has 1 aliphatic heterocycles. The first-order valence-electron chi connectivity index (χ1n) is 8.26. The summed E-state index contributed by atoms with van der Waals surface area (Å²) < 4.78 is 5.26. The molecule has 2 aromatic rings. The van der Waals surface area contributed by atoms with E-state index in [0.29, 0.717) is 18.2 Å². The van der Waals surface area contributed by atoms with Crippen molar-refractivity contribution in [2.24, 2.45) is 0 Å². The molecule has 6 heteroatoms. The maximum Gasteiger partial charge on any atom is 0.185 e. The largest absolute Gasteiger partial charge is 0.467 e. The van der Waals surface area contributed by atoms with Crippen LogP contribution in [0.1, 0.15) is 43.7 Å². The van der Waals surface area contributed by atoms with Crippen molar-refractivity contribution in [3.8, 4) is 0 Å². The van der Waals surface area contributed by atoms with Gasteiger partial charge in [0.2, 0.25) is 0 Å². The number of aliphatic hydroxyl groups excluding tert-OH is 1. The van der Waals surface area contributed by atoms with Crippen LogP contribution in [-0.2, 0) is 0 Å². The van der Waals surface area contributed by atoms with Gasteiger partial charge in [0.1, 0.15) is 11.9 Å². The van der Waals surface area contributed by atoms with Gasteiger partial charge in [0, 0.05) is 30.6 Å². The molecule has 1 saturated heterocycles. The van der Waals surface area contributed by atoms with Gasteiger partial charge < -0.3 is 19.7 Å². The number of aryl methyl sites for hydroxylation is 1. The normalized spacial score (nSPS) is 19.0. The highest BCUT2D eigenvalue weighted by molar-refractivity contribution is 7.13. The summed E-state index contributed by atoms with van der Waals surface area (Å²) in [5.41, 5.74) is 1.10. The fourth-order valence-corrected chi connectivity index (χ4v) is 3.98. The lowest BCUT2D eigenvalue weighted by Gasteiger charge is -2.34. The summed E-state index contributed by atoms with van der Waals surface area (Å²) in [5.74, 6) is 0.646. The van der Waals surface area contributed by atoms with Crippen molar-refractivity contribution in [1.82, 2.24) is 10.3 Å². The number of aliphatic hydroxyl groups is 1. The Balaban J connectivity index is 1.43. The van der Waals surface area contributed by atoms with Crippen molar-refractivity contribution < 1.29 is 9.52 Å². The average molecular weight is 335 g/mol. The topological polar surface area (TPSA) is 61.5 Å². The smallest absolute Gasteiger partial charge is 0.185 e. The van der Waals surface area contributed by atoms with Crippen molar-refractivity contribution in [2.45, 2.75) is 51.3 Å². The van der Waals surface area contributed by atoms with Crippen molar-refractivity contribution in [3.05, 3.63) is 35.2 Å². The molecule has 2 N–H and O–H groups in total. The highest BCUT2D eigenvalue weighted by Crippen LogP contribution is 2.24. The van der Waals surface area contributed by atoms with Gasteiger partial charge in [-0.1, -0.05) is 0 Å². The molecule has 2 atom stereocenters. The number of hydrogen-bond acceptors (Lipinski definition) is 6. The predicted octanol–water partition coefficient (Wildman–Crippen LogP) is 3.12. The van der Waals surface area contributed by atoms with Gasteiger partial charge in [0.25, 0.3) is 0 Å². The van der Waals surface area contributed by atoms with E-state index >= 15 is 0 Å². The number of rotatable bonds is 6. The maximum atomic E-state index is 10.2. The second kappa shape index (κ2) is 7.47. The minimum atomic E-state index is -0.536. The number of thiazole rings is 1. The van der Waals surface area contributed by atoms with Gasteiger partial charge in [-0.25, -0.2) is 4.98 Å². The van der Waals surface area contributed by atoms with E-state index in [1.165, 1.54) is 0 Å². The molecule has 0 aromatic carbocycles. The first kappa shape index (κ1) is 16.5. The summed E-state index contributed by atoms with van der Waals surface area (Å²) in [6.45, 7) is 6.25. The SMILES string of the molecule is Cc1csc(N2CCC(NC(C)CC(O)c3ccco3)CC2)n1. The quantitative estimate of drug-likeness (QED) is 0.849. The van der Waals surface area contributed by atoms with Gasteiger partial charge in [0.05, 0.1) is 12.0 Å². The fraction of sp³-hybridized carbons (Fsp3) is 0.588. The Morgan fingerprint density at radius 3 is 2.87 bits per heavy atom. The van der Waals surface area contributed by atoms with Crippen LogP contribution < -0.4 is 10.2 Å². The van der Waals surface area contributed by atoms with Crippen molar-refractivity contribution in [2.75, 3.05) is 18.0 Å². The lowest BCUT2D eigenvalue weighted by Crippen LogP contribution is -2.45. The summed E-state index contributed by atoms with van der Waals surface area (Å²) in [4.78, 5) is 6.94. The number of aromatic nitrogens is 1. The van der Waals surface area contributed by atoms with E-state index in [1.54, 1.807) is 17.6 Å². The Hall–Kier alpha value is -1.37. The molecule has 1 fully saturated rings. The fourth-order valence-electron chi connectivity index (χ4n) is 3.13. The standard InChI is InChI=1S/C17H25N3O2S/c1-12(10-15(21)16-4-3-9-22-16)18-14-5-7-20(8-6-14)17-19-13(2)11-23-17/h3-4,9,11-12,14-15,18,21H,5-8,10H2,1-2H3. The Morgan fingerprint density at radius 1 is 1.48 bits per heavy atom. The monoisotopic (exact) mass is 335 g/mol. The highest BCUT2D eigenvalue weighted by atomic mass is 32.1. The molecule has 23 heavy (non-hydrogen) atoms. The van der Waals surface area contributed by atoms with Crippen molar-refractivity contribution >= 4 is 16.5 Å². The van der Waals surface area contributed by atoms with Crippen LogP contribution in [0, 0.1) is 6.92 Å². The van der Waals surface area contributed by atoms with Gasteiger partial charge in [-0.05, 0) is 45.2 Å². The second-order valence-corrected chi connectivity index (χ2v) is 7.20. The first-order chi connectivity index (χ1) is 11.1. The van der Waals surface area contributed by atoms with Crippen LogP contribution in [0.5, 0.6) is 0 Å². The summed E-state index contributed by atoms with van der Waals surface area (Å²) in [6.07, 6.45) is 3.96. The molecule has 0 bridgehead atoms. The maximum absolute atomic E-state index is 10.2. The van der Waals surface area contributed by atoms with Crippen LogP contribution in [0.3, 0.4) is 0 Å².